The third kappa shape index (κ3) is 10.2. The van der Waals surface area contributed by atoms with Crippen molar-refractivity contribution in [1.82, 2.24) is 0 Å². The van der Waals surface area contributed by atoms with Crippen LogP contribution in [0.3, 0.4) is 0 Å². The molecule has 8 nitrogen and oxygen atoms in total. The maximum atomic E-state index is 6.71. The van der Waals surface area contributed by atoms with Gasteiger partial charge in [0.2, 0.25) is 0 Å². The molecule has 0 amide bonds. The maximum Gasteiger partial charge on any atom is 0.334 e. The Labute approximate surface area is 267 Å². The highest BCUT2D eigenvalue weighted by Gasteiger charge is 2.50. The minimum Gasteiger partial charge on any atom is -0.374 e. The first kappa shape index (κ1) is 33.4. The minimum atomic E-state index is -1.71. The average Bonchev–Trinajstić information content (AvgIpc) is 3.10. The summed E-state index contributed by atoms with van der Waals surface area (Å²) in [6.07, 6.45) is -3.27. The van der Waals surface area contributed by atoms with E-state index in [0.717, 1.165) is 22.3 Å². The summed E-state index contributed by atoms with van der Waals surface area (Å²) < 4.78 is 50.0. The Bertz CT molecular complexity index is 1340. The van der Waals surface area contributed by atoms with Gasteiger partial charge < -0.3 is 32.7 Å². The Balaban J connectivity index is 1.44. The highest BCUT2D eigenvalue weighted by molar-refractivity contribution is 7.41. The zero-order valence-electron chi connectivity index (χ0n) is 25.7. The van der Waals surface area contributed by atoms with Gasteiger partial charge in [0.05, 0.1) is 33.0 Å². The lowest BCUT2D eigenvalue weighted by molar-refractivity contribution is -0.311. The third-order valence-corrected chi connectivity index (χ3v) is 8.30. The second-order valence-corrected chi connectivity index (χ2v) is 11.9. The van der Waals surface area contributed by atoms with Crippen LogP contribution in [0.15, 0.2) is 121 Å². The number of rotatable bonds is 17. The van der Waals surface area contributed by atoms with Crippen LogP contribution in [-0.4, -0.2) is 51.5 Å². The number of hydrogen-bond acceptors (Lipinski definition) is 8. The second kappa shape index (κ2) is 18.2. The van der Waals surface area contributed by atoms with Crippen molar-refractivity contribution >= 4 is 8.60 Å². The van der Waals surface area contributed by atoms with Gasteiger partial charge in [-0.05, 0) is 22.3 Å². The van der Waals surface area contributed by atoms with Gasteiger partial charge in [-0.15, -0.1) is 0 Å². The van der Waals surface area contributed by atoms with Crippen molar-refractivity contribution in [2.45, 2.75) is 57.1 Å². The Morgan fingerprint density at radius 3 is 1.36 bits per heavy atom. The normalized spacial score (nSPS) is 21.6. The Hall–Kier alpha value is -3.01. The Morgan fingerprint density at radius 2 is 0.911 bits per heavy atom. The van der Waals surface area contributed by atoms with Gasteiger partial charge in [-0.3, -0.25) is 4.52 Å². The van der Waals surface area contributed by atoms with Crippen LogP contribution in [0.25, 0.3) is 0 Å². The van der Waals surface area contributed by atoms with Crippen LogP contribution in [0.2, 0.25) is 0 Å². The van der Waals surface area contributed by atoms with Gasteiger partial charge in [-0.25, -0.2) is 0 Å². The van der Waals surface area contributed by atoms with Gasteiger partial charge in [0.15, 0.2) is 6.29 Å². The predicted molar refractivity (Wildman–Crippen MR) is 172 cm³/mol. The van der Waals surface area contributed by atoms with E-state index in [2.05, 4.69) is 0 Å². The summed E-state index contributed by atoms with van der Waals surface area (Å²) in [5.41, 5.74) is 4.13. The van der Waals surface area contributed by atoms with Gasteiger partial charge in [0, 0.05) is 14.2 Å². The van der Waals surface area contributed by atoms with Crippen molar-refractivity contribution in [1.29, 1.82) is 0 Å². The van der Waals surface area contributed by atoms with Gasteiger partial charge in [0.25, 0.3) is 0 Å². The largest absolute Gasteiger partial charge is 0.374 e. The lowest BCUT2D eigenvalue weighted by Crippen LogP contribution is -2.61. The number of hydrogen-bond donors (Lipinski definition) is 0. The van der Waals surface area contributed by atoms with E-state index in [-0.39, 0.29) is 6.61 Å². The Morgan fingerprint density at radius 1 is 0.511 bits per heavy atom. The lowest BCUT2D eigenvalue weighted by Gasteiger charge is -2.46. The van der Waals surface area contributed by atoms with E-state index in [0.29, 0.717) is 26.4 Å². The van der Waals surface area contributed by atoms with Crippen LogP contribution in [0.1, 0.15) is 22.3 Å². The molecule has 1 saturated heterocycles. The molecule has 1 aliphatic heterocycles. The average molecular weight is 633 g/mol. The van der Waals surface area contributed by atoms with Crippen LogP contribution in [-0.2, 0) is 63.7 Å². The second-order valence-electron chi connectivity index (χ2n) is 10.5. The zero-order chi connectivity index (χ0) is 31.1. The molecule has 9 heteroatoms. The fourth-order valence-corrected chi connectivity index (χ4v) is 5.74. The summed E-state index contributed by atoms with van der Waals surface area (Å²) in [7, 11) is 1.36. The molecule has 1 fully saturated rings. The molecule has 4 aromatic rings. The SMILES string of the molecule is COP(OC)O[C@H]1O[C@H](COCc2ccccc2)[C@@H](OCc2ccccc2)[C@H](OCc2ccccc2)[C@@H]1OCc1ccccc1. The minimum absolute atomic E-state index is 0.239. The molecular weight excluding hydrogens is 591 g/mol. The number of benzene rings is 4. The highest BCUT2D eigenvalue weighted by atomic mass is 31.2. The van der Waals surface area contributed by atoms with Crippen LogP contribution in [0, 0.1) is 0 Å². The van der Waals surface area contributed by atoms with Gasteiger partial charge in [-0.1, -0.05) is 121 Å². The van der Waals surface area contributed by atoms with Gasteiger partial charge in [0.1, 0.15) is 24.4 Å². The molecule has 1 aliphatic rings. The summed E-state index contributed by atoms with van der Waals surface area (Å²) in [5, 5.41) is 0. The van der Waals surface area contributed by atoms with E-state index < -0.39 is 39.3 Å². The molecule has 0 bridgehead atoms. The predicted octanol–water partition coefficient (Wildman–Crippen LogP) is 7.22. The molecule has 5 rings (SSSR count). The molecule has 0 N–H and O–H groups in total. The summed E-state index contributed by atoms with van der Waals surface area (Å²) in [5.74, 6) is 0. The monoisotopic (exact) mass is 632 g/mol. The molecule has 0 saturated carbocycles. The van der Waals surface area contributed by atoms with Crippen LogP contribution < -0.4 is 0 Å². The lowest BCUT2D eigenvalue weighted by atomic mass is 9.98. The molecule has 0 radical (unpaired) electrons. The molecule has 4 aromatic carbocycles. The van der Waals surface area contributed by atoms with E-state index in [4.69, 9.17) is 37.3 Å². The van der Waals surface area contributed by atoms with Gasteiger partial charge in [-0.2, -0.15) is 0 Å². The van der Waals surface area contributed by atoms with Crippen molar-refractivity contribution in [3.8, 4) is 0 Å². The summed E-state index contributed by atoms with van der Waals surface area (Å²) >= 11 is 0. The van der Waals surface area contributed by atoms with E-state index in [9.17, 15) is 0 Å². The molecular formula is C36H41O8P. The van der Waals surface area contributed by atoms with Crippen molar-refractivity contribution < 1.29 is 37.3 Å². The van der Waals surface area contributed by atoms with Crippen molar-refractivity contribution in [2.75, 3.05) is 20.8 Å². The first-order valence-electron chi connectivity index (χ1n) is 15.0. The maximum absolute atomic E-state index is 6.71. The van der Waals surface area contributed by atoms with E-state index in [1.807, 2.05) is 121 Å². The van der Waals surface area contributed by atoms with Gasteiger partial charge >= 0.3 is 8.60 Å². The van der Waals surface area contributed by atoms with E-state index >= 15 is 0 Å². The zero-order valence-corrected chi connectivity index (χ0v) is 26.6. The van der Waals surface area contributed by atoms with Crippen LogP contribution in [0.5, 0.6) is 0 Å². The molecule has 0 aliphatic carbocycles. The standard InChI is InChI=1S/C36H41O8P/c1-37-45(38-2)44-36-35(42-26-31-21-13-6-14-22-31)34(41-25-30-19-11-5-12-20-30)33(40-24-29-17-9-4-10-18-29)32(43-36)27-39-23-28-15-7-3-8-16-28/h3-22,32-36H,23-27H2,1-2H3/t32-,33-,34+,35+,36-/m1/s1. The molecule has 238 valence electrons. The van der Waals surface area contributed by atoms with Crippen molar-refractivity contribution in [2.24, 2.45) is 0 Å². The van der Waals surface area contributed by atoms with Crippen LogP contribution in [0.4, 0.5) is 0 Å². The van der Waals surface area contributed by atoms with Crippen LogP contribution >= 0.6 is 8.60 Å². The molecule has 0 spiro atoms. The summed E-state index contributed by atoms with van der Waals surface area (Å²) in [6.45, 7) is 1.68. The molecule has 45 heavy (non-hydrogen) atoms. The first-order valence-corrected chi connectivity index (χ1v) is 16.1. The number of ether oxygens (including phenoxy) is 5. The highest BCUT2D eigenvalue weighted by Crippen LogP contribution is 2.43. The smallest absolute Gasteiger partial charge is 0.334 e. The summed E-state index contributed by atoms with van der Waals surface area (Å²) in [6, 6.07) is 40.1. The molecule has 0 aromatic heterocycles. The fraction of sp³-hybridized carbons (Fsp3) is 0.333. The molecule has 0 unspecified atom stereocenters. The topological polar surface area (TPSA) is 73.8 Å². The van der Waals surface area contributed by atoms with E-state index in [1.54, 1.807) is 0 Å². The molecule has 5 atom stereocenters. The van der Waals surface area contributed by atoms with Crippen molar-refractivity contribution in [3.63, 3.8) is 0 Å². The first-order chi connectivity index (χ1) is 22.2. The Kier molecular flexibility index (Phi) is 13.5. The summed E-state index contributed by atoms with van der Waals surface area (Å²) in [4.78, 5) is 0. The van der Waals surface area contributed by atoms with E-state index in [1.165, 1.54) is 14.2 Å². The third-order valence-electron chi connectivity index (χ3n) is 7.33. The van der Waals surface area contributed by atoms with Crippen molar-refractivity contribution in [3.05, 3.63) is 144 Å². The fourth-order valence-electron chi connectivity index (χ4n) is 5.08. The molecule has 1 heterocycles. The quantitative estimate of drug-likeness (QED) is 0.113.